The van der Waals surface area contributed by atoms with Crippen molar-refractivity contribution in [1.82, 2.24) is 0 Å². The fourth-order valence-electron chi connectivity index (χ4n) is 5.16. The SMILES string of the molecule is CC12CC3CC(C1)C(C(=O)OCC(F)(F)SOOO)C(C3)C2. The maximum absolute atomic E-state index is 13.3. The lowest BCUT2D eigenvalue weighted by molar-refractivity contribution is -0.433. The Labute approximate surface area is 131 Å². The topological polar surface area (TPSA) is 65.0 Å². The van der Waals surface area contributed by atoms with Crippen LogP contribution in [0.15, 0.2) is 0 Å². The highest BCUT2D eigenvalue weighted by Crippen LogP contribution is 2.62. The number of ether oxygens (including phenoxy) is 1. The van der Waals surface area contributed by atoms with Gasteiger partial charge in [-0.2, -0.15) is 8.78 Å². The second-order valence-electron chi connectivity index (χ2n) is 7.28. The normalized spacial score (nSPS) is 40.0. The largest absolute Gasteiger partial charge is 0.458 e. The first kappa shape index (κ1) is 16.4. The van der Waals surface area contributed by atoms with Crippen molar-refractivity contribution in [1.29, 1.82) is 0 Å². The molecule has 4 bridgehead atoms. The first-order valence-electron chi connectivity index (χ1n) is 7.52. The molecule has 4 saturated carbocycles. The van der Waals surface area contributed by atoms with Crippen molar-refractivity contribution in [2.45, 2.75) is 44.3 Å². The molecule has 8 heteroatoms. The van der Waals surface area contributed by atoms with E-state index in [0.717, 1.165) is 25.7 Å². The third kappa shape index (κ3) is 3.25. The molecular formula is C14H20F2O5S. The number of hydrogen-bond acceptors (Lipinski definition) is 6. The molecular weight excluding hydrogens is 318 g/mol. The maximum atomic E-state index is 13.3. The zero-order valence-electron chi connectivity index (χ0n) is 12.3. The number of halogens is 2. The molecule has 4 aliphatic rings. The lowest BCUT2D eigenvalue weighted by atomic mass is 9.47. The molecule has 0 aromatic carbocycles. The Morgan fingerprint density at radius 1 is 1.32 bits per heavy atom. The van der Waals surface area contributed by atoms with Crippen LogP contribution in [0.5, 0.6) is 0 Å². The van der Waals surface area contributed by atoms with Crippen LogP contribution in [-0.4, -0.2) is 23.1 Å². The third-order valence-electron chi connectivity index (χ3n) is 5.42. The highest BCUT2D eigenvalue weighted by Gasteiger charge is 2.56. The van der Waals surface area contributed by atoms with Crippen LogP contribution in [0, 0.1) is 29.1 Å². The van der Waals surface area contributed by atoms with E-state index in [0.29, 0.717) is 11.3 Å². The predicted octanol–water partition coefficient (Wildman–Crippen LogP) is 3.65. The number of rotatable bonds is 6. The van der Waals surface area contributed by atoms with Gasteiger partial charge in [0.2, 0.25) is 0 Å². The van der Waals surface area contributed by atoms with Crippen LogP contribution in [0.1, 0.15) is 39.0 Å². The van der Waals surface area contributed by atoms with Crippen LogP contribution in [0.4, 0.5) is 8.78 Å². The van der Waals surface area contributed by atoms with E-state index in [1.165, 1.54) is 6.42 Å². The van der Waals surface area contributed by atoms with E-state index in [4.69, 9.17) is 9.99 Å². The Morgan fingerprint density at radius 2 is 1.95 bits per heavy atom. The van der Waals surface area contributed by atoms with Gasteiger partial charge in [-0.05, 0) is 55.3 Å². The molecule has 4 aliphatic carbocycles. The van der Waals surface area contributed by atoms with Crippen LogP contribution >= 0.6 is 12.0 Å². The summed E-state index contributed by atoms with van der Waals surface area (Å²) in [6.07, 6.45) is 5.24. The van der Waals surface area contributed by atoms with Gasteiger partial charge < -0.3 is 4.74 Å². The van der Waals surface area contributed by atoms with Crippen LogP contribution in [0.25, 0.3) is 0 Å². The van der Waals surface area contributed by atoms with Gasteiger partial charge in [-0.15, -0.1) is 4.33 Å². The van der Waals surface area contributed by atoms with Crippen molar-refractivity contribution in [3.05, 3.63) is 0 Å². The van der Waals surface area contributed by atoms with Crippen LogP contribution in [0.2, 0.25) is 0 Å². The van der Waals surface area contributed by atoms with Crippen LogP contribution in [-0.2, 0) is 18.9 Å². The number of carbonyl (C=O) groups is 1. The summed E-state index contributed by atoms with van der Waals surface area (Å²) in [6, 6.07) is 0. The summed E-state index contributed by atoms with van der Waals surface area (Å²) in [5.74, 6) is 0.436. The van der Waals surface area contributed by atoms with E-state index < -0.39 is 17.8 Å². The van der Waals surface area contributed by atoms with Gasteiger partial charge in [0.05, 0.1) is 5.92 Å². The van der Waals surface area contributed by atoms with Crippen molar-refractivity contribution in [2.24, 2.45) is 29.1 Å². The van der Waals surface area contributed by atoms with Crippen molar-refractivity contribution >= 4 is 18.0 Å². The summed E-state index contributed by atoms with van der Waals surface area (Å²) in [5, 5.41) is 7.56. The zero-order valence-corrected chi connectivity index (χ0v) is 13.1. The average Bonchev–Trinajstić information content (AvgIpc) is 2.41. The standard InChI is InChI=1S/C14H20F2O5S/c1-13-4-8-2-9(5-13)11(10(3-8)6-13)12(17)19-7-14(15,16)22-21-20-18/h8-11,18H,2-7H2,1H3. The minimum atomic E-state index is -3.46. The predicted molar refractivity (Wildman–Crippen MR) is 73.4 cm³/mol. The van der Waals surface area contributed by atoms with Gasteiger partial charge in [0, 0.05) is 0 Å². The van der Waals surface area contributed by atoms with Crippen molar-refractivity contribution < 1.29 is 32.9 Å². The van der Waals surface area contributed by atoms with Gasteiger partial charge >= 0.3 is 11.2 Å². The molecule has 0 aromatic rings. The van der Waals surface area contributed by atoms with E-state index in [-0.39, 0.29) is 29.8 Å². The van der Waals surface area contributed by atoms with E-state index in [1.807, 2.05) is 0 Å². The molecule has 4 rings (SSSR count). The Morgan fingerprint density at radius 3 is 2.50 bits per heavy atom. The van der Waals surface area contributed by atoms with Crippen LogP contribution < -0.4 is 0 Å². The zero-order chi connectivity index (χ0) is 16.0. The summed E-state index contributed by atoms with van der Waals surface area (Å²) in [4.78, 5) is 12.3. The third-order valence-corrected chi connectivity index (χ3v) is 5.91. The summed E-state index contributed by atoms with van der Waals surface area (Å²) < 4.78 is 35.2. The molecule has 126 valence electrons. The minimum absolute atomic E-state index is 0.250. The summed E-state index contributed by atoms with van der Waals surface area (Å²) >= 11 is -0.387. The molecule has 1 N–H and O–H groups in total. The molecule has 0 aliphatic heterocycles. The second kappa shape index (κ2) is 5.89. The molecule has 0 aromatic heterocycles. The quantitative estimate of drug-likeness (QED) is 0.345. The second-order valence-corrected chi connectivity index (χ2v) is 8.18. The first-order valence-corrected chi connectivity index (χ1v) is 8.26. The molecule has 0 spiro atoms. The highest BCUT2D eigenvalue weighted by atomic mass is 32.2. The van der Waals surface area contributed by atoms with Gasteiger partial charge in [0.15, 0.2) is 6.61 Å². The summed E-state index contributed by atoms with van der Waals surface area (Å²) in [6.45, 7) is 1.19. The lowest BCUT2D eigenvalue weighted by Crippen LogP contribution is -2.52. The number of carbonyl (C=O) groups excluding carboxylic acids is 1. The number of hydrogen-bond donors (Lipinski definition) is 1. The van der Waals surface area contributed by atoms with Gasteiger partial charge in [0.1, 0.15) is 12.0 Å². The monoisotopic (exact) mass is 338 g/mol. The minimum Gasteiger partial charge on any atom is -0.458 e. The molecule has 22 heavy (non-hydrogen) atoms. The fourth-order valence-corrected chi connectivity index (χ4v) is 5.39. The summed E-state index contributed by atoms with van der Waals surface area (Å²) in [5.41, 5.74) is 0.319. The van der Waals surface area contributed by atoms with Crippen molar-refractivity contribution in [3.63, 3.8) is 0 Å². The average molecular weight is 338 g/mol. The Kier molecular flexibility index (Phi) is 4.39. The first-order chi connectivity index (χ1) is 10.3. The Hall–Kier alpha value is -0.440. The van der Waals surface area contributed by atoms with E-state index in [9.17, 15) is 13.6 Å². The van der Waals surface area contributed by atoms with Gasteiger partial charge in [-0.25, -0.2) is 5.26 Å². The number of alkyl halides is 2. The highest BCUT2D eigenvalue weighted by molar-refractivity contribution is 7.95. The Bertz CT molecular complexity index is 431. The van der Waals surface area contributed by atoms with Gasteiger partial charge in [-0.1, -0.05) is 12.0 Å². The van der Waals surface area contributed by atoms with Gasteiger partial charge in [0.25, 0.3) is 0 Å². The number of esters is 1. The molecule has 0 radical (unpaired) electrons. The maximum Gasteiger partial charge on any atom is 0.354 e. The van der Waals surface area contributed by atoms with E-state index in [2.05, 4.69) is 16.3 Å². The Balaban J connectivity index is 1.57. The van der Waals surface area contributed by atoms with Gasteiger partial charge in [-0.3, -0.25) is 4.79 Å². The van der Waals surface area contributed by atoms with Crippen LogP contribution in [0.3, 0.4) is 0 Å². The summed E-state index contributed by atoms with van der Waals surface area (Å²) in [7, 11) is 0. The molecule has 0 amide bonds. The van der Waals surface area contributed by atoms with Crippen molar-refractivity contribution in [3.8, 4) is 0 Å². The lowest BCUT2D eigenvalue weighted by Gasteiger charge is -2.58. The van der Waals surface area contributed by atoms with Crippen molar-refractivity contribution in [2.75, 3.05) is 6.61 Å². The van der Waals surface area contributed by atoms with E-state index in [1.54, 1.807) is 0 Å². The molecule has 4 fully saturated rings. The molecule has 0 saturated heterocycles. The fraction of sp³-hybridized carbons (Fsp3) is 0.929. The molecule has 2 unspecified atom stereocenters. The van der Waals surface area contributed by atoms with E-state index >= 15 is 0 Å². The molecule has 5 nitrogen and oxygen atoms in total. The smallest absolute Gasteiger partial charge is 0.354 e. The molecule has 0 heterocycles. The molecule has 2 atom stereocenters.